The molecule has 5 nitrogen and oxygen atoms in total. The average Bonchev–Trinajstić information content (AvgIpc) is 2.67. The van der Waals surface area contributed by atoms with Gasteiger partial charge in [0.05, 0.1) is 18.7 Å². The van der Waals surface area contributed by atoms with Crippen LogP contribution in [-0.2, 0) is 28.7 Å². The molecule has 2 aromatic rings. The molecule has 0 radical (unpaired) electrons. The molecule has 0 aliphatic carbocycles. The molecule has 2 amide bonds. The molecule has 30 heavy (non-hydrogen) atoms. The molecule has 0 saturated carbocycles. The number of anilines is 1. The molecule has 0 bridgehead atoms. The van der Waals surface area contributed by atoms with Crippen LogP contribution in [0, 0.1) is 0 Å². The molecular weight excluding hydrogens is 395 g/mol. The Morgan fingerprint density at radius 2 is 1.60 bits per heavy atom. The van der Waals surface area contributed by atoms with Crippen molar-refractivity contribution in [3.8, 4) is 0 Å². The zero-order chi connectivity index (χ0) is 22.3. The highest BCUT2D eigenvalue weighted by atomic mass is 19.4. The number of likely N-dealkylation sites (N-methyl/N-ethyl adjacent to an activating group) is 2. The van der Waals surface area contributed by atoms with E-state index in [9.17, 15) is 22.8 Å². The minimum atomic E-state index is -4.37. The smallest absolute Gasteiger partial charge is 0.335 e. The topological polar surface area (TPSA) is 52.7 Å². The average molecular weight is 421 g/mol. The van der Waals surface area contributed by atoms with E-state index < -0.39 is 11.7 Å². The van der Waals surface area contributed by atoms with Gasteiger partial charge < -0.3 is 10.2 Å². The number of halogens is 3. The lowest BCUT2D eigenvalue weighted by atomic mass is 10.1. The molecule has 0 heterocycles. The molecule has 0 aromatic heterocycles. The zero-order valence-electron chi connectivity index (χ0n) is 17.3. The number of para-hydroxylation sites is 1. The van der Waals surface area contributed by atoms with Gasteiger partial charge in [-0.05, 0) is 42.8 Å². The Labute approximate surface area is 174 Å². The fraction of sp³-hybridized carbons (Fsp3) is 0.364. The number of nitrogens with zero attached hydrogens (tertiary/aromatic N) is 2. The van der Waals surface area contributed by atoms with E-state index >= 15 is 0 Å². The Morgan fingerprint density at radius 1 is 0.967 bits per heavy atom. The molecule has 0 spiro atoms. The monoisotopic (exact) mass is 421 g/mol. The second-order valence-corrected chi connectivity index (χ2v) is 7.18. The van der Waals surface area contributed by atoms with Crippen LogP contribution in [0.1, 0.15) is 23.6 Å². The molecule has 2 rings (SSSR count). The molecule has 0 unspecified atom stereocenters. The Hall–Kier alpha value is -2.87. The minimum Gasteiger partial charge on any atom is -0.335 e. The third-order valence-corrected chi connectivity index (χ3v) is 4.62. The largest absolute Gasteiger partial charge is 0.416 e. The van der Waals surface area contributed by atoms with Crippen molar-refractivity contribution in [2.45, 2.75) is 26.1 Å². The Bertz CT molecular complexity index is 867. The molecular formula is C22H26F3N3O2. The summed E-state index contributed by atoms with van der Waals surface area (Å²) in [6.45, 7) is 2.25. The van der Waals surface area contributed by atoms with E-state index in [4.69, 9.17) is 0 Å². The summed E-state index contributed by atoms with van der Waals surface area (Å²) < 4.78 is 37.9. The van der Waals surface area contributed by atoms with Crippen molar-refractivity contribution in [2.75, 3.05) is 32.5 Å². The normalized spacial score (nSPS) is 11.4. The van der Waals surface area contributed by atoms with Gasteiger partial charge in [-0.2, -0.15) is 13.2 Å². The van der Waals surface area contributed by atoms with Gasteiger partial charge >= 0.3 is 6.18 Å². The van der Waals surface area contributed by atoms with Gasteiger partial charge in [0.1, 0.15) is 0 Å². The van der Waals surface area contributed by atoms with Crippen LogP contribution in [-0.4, -0.2) is 48.8 Å². The maximum Gasteiger partial charge on any atom is 0.416 e. The number of carbonyl (C=O) groups excluding carboxylic acids is 2. The van der Waals surface area contributed by atoms with Crippen LogP contribution in [0.5, 0.6) is 0 Å². The van der Waals surface area contributed by atoms with Crippen molar-refractivity contribution in [2.24, 2.45) is 0 Å². The van der Waals surface area contributed by atoms with E-state index in [1.807, 2.05) is 31.2 Å². The number of hydrogen-bond donors (Lipinski definition) is 1. The van der Waals surface area contributed by atoms with Gasteiger partial charge in [-0.25, -0.2) is 0 Å². The standard InChI is InChI=1S/C22H26F3N3O2/c1-4-17-7-5-6-8-19(17)26-20(29)14-28(3)21(30)15-27(2)13-16-9-11-18(12-10-16)22(23,24)25/h5-12H,4,13-15H2,1-3H3,(H,26,29). The third-order valence-electron chi connectivity index (χ3n) is 4.62. The number of amides is 2. The van der Waals surface area contributed by atoms with Gasteiger partial charge in [0.25, 0.3) is 0 Å². The third kappa shape index (κ3) is 6.88. The first-order valence-corrected chi connectivity index (χ1v) is 9.56. The van der Waals surface area contributed by atoms with Crippen molar-refractivity contribution >= 4 is 17.5 Å². The van der Waals surface area contributed by atoms with E-state index in [2.05, 4.69) is 5.32 Å². The Balaban J connectivity index is 1.85. The summed E-state index contributed by atoms with van der Waals surface area (Å²) in [5.74, 6) is -0.555. The van der Waals surface area contributed by atoms with Crippen LogP contribution >= 0.6 is 0 Å². The van der Waals surface area contributed by atoms with Crippen molar-refractivity contribution < 1.29 is 22.8 Å². The molecule has 0 atom stereocenters. The van der Waals surface area contributed by atoms with Gasteiger partial charge in [0, 0.05) is 19.3 Å². The number of nitrogens with one attached hydrogen (secondary N) is 1. The summed E-state index contributed by atoms with van der Waals surface area (Å²) in [4.78, 5) is 27.7. The van der Waals surface area contributed by atoms with Gasteiger partial charge in [-0.3, -0.25) is 14.5 Å². The fourth-order valence-corrected chi connectivity index (χ4v) is 2.96. The first kappa shape index (κ1) is 23.4. The number of benzene rings is 2. The van der Waals surface area contributed by atoms with Crippen LogP contribution in [0.25, 0.3) is 0 Å². The van der Waals surface area contributed by atoms with Crippen LogP contribution in [0.2, 0.25) is 0 Å². The minimum absolute atomic E-state index is 0.0380. The number of alkyl halides is 3. The van der Waals surface area contributed by atoms with Crippen molar-refractivity contribution in [1.82, 2.24) is 9.80 Å². The summed E-state index contributed by atoms with van der Waals surface area (Å²) in [6.07, 6.45) is -3.60. The molecule has 162 valence electrons. The summed E-state index contributed by atoms with van der Waals surface area (Å²) >= 11 is 0. The predicted molar refractivity (Wildman–Crippen MR) is 110 cm³/mol. The Morgan fingerprint density at radius 3 is 2.20 bits per heavy atom. The summed E-state index contributed by atoms with van der Waals surface area (Å²) in [5, 5.41) is 2.82. The second-order valence-electron chi connectivity index (χ2n) is 7.18. The van der Waals surface area contributed by atoms with Crippen LogP contribution < -0.4 is 5.32 Å². The predicted octanol–water partition coefficient (Wildman–Crippen LogP) is 3.80. The second kappa shape index (κ2) is 10.2. The van der Waals surface area contributed by atoms with Gasteiger partial charge in [0.2, 0.25) is 11.8 Å². The molecule has 2 aromatic carbocycles. The molecule has 0 aliphatic heterocycles. The van der Waals surface area contributed by atoms with E-state index in [0.29, 0.717) is 12.1 Å². The molecule has 0 fully saturated rings. The highest BCUT2D eigenvalue weighted by Gasteiger charge is 2.30. The highest BCUT2D eigenvalue weighted by Crippen LogP contribution is 2.29. The molecule has 1 N–H and O–H groups in total. The molecule has 8 heteroatoms. The first-order valence-electron chi connectivity index (χ1n) is 9.56. The summed E-state index contributed by atoms with van der Waals surface area (Å²) in [7, 11) is 3.24. The quantitative estimate of drug-likeness (QED) is 0.706. The SMILES string of the molecule is CCc1ccccc1NC(=O)CN(C)C(=O)CN(C)Cc1ccc(C(F)(F)F)cc1. The number of carbonyl (C=O) groups is 2. The number of aryl methyl sites for hydroxylation is 1. The van der Waals surface area contributed by atoms with E-state index in [1.54, 1.807) is 19.0 Å². The molecule has 0 saturated heterocycles. The van der Waals surface area contributed by atoms with Gasteiger partial charge in [-0.1, -0.05) is 37.3 Å². The maximum atomic E-state index is 12.6. The van der Waals surface area contributed by atoms with Crippen molar-refractivity contribution in [3.05, 3.63) is 65.2 Å². The fourth-order valence-electron chi connectivity index (χ4n) is 2.96. The zero-order valence-corrected chi connectivity index (χ0v) is 17.3. The van der Waals surface area contributed by atoms with Crippen LogP contribution in [0.15, 0.2) is 48.5 Å². The van der Waals surface area contributed by atoms with E-state index in [0.717, 1.165) is 29.8 Å². The van der Waals surface area contributed by atoms with E-state index in [-0.39, 0.29) is 24.9 Å². The lowest BCUT2D eigenvalue weighted by molar-refractivity contribution is -0.137. The summed E-state index contributed by atoms with van der Waals surface area (Å²) in [6, 6.07) is 12.3. The van der Waals surface area contributed by atoms with Gasteiger partial charge in [0.15, 0.2) is 0 Å². The summed E-state index contributed by atoms with van der Waals surface area (Å²) in [5.41, 5.74) is 1.69. The molecule has 0 aliphatic rings. The van der Waals surface area contributed by atoms with Crippen molar-refractivity contribution in [3.63, 3.8) is 0 Å². The highest BCUT2D eigenvalue weighted by molar-refractivity contribution is 5.95. The van der Waals surface area contributed by atoms with Crippen LogP contribution in [0.3, 0.4) is 0 Å². The first-order chi connectivity index (χ1) is 14.1. The number of hydrogen-bond acceptors (Lipinski definition) is 3. The maximum absolute atomic E-state index is 12.6. The lowest BCUT2D eigenvalue weighted by Gasteiger charge is -2.22. The lowest BCUT2D eigenvalue weighted by Crippen LogP contribution is -2.40. The Kier molecular flexibility index (Phi) is 8.00. The van der Waals surface area contributed by atoms with Gasteiger partial charge in [-0.15, -0.1) is 0 Å². The van der Waals surface area contributed by atoms with Crippen LogP contribution in [0.4, 0.5) is 18.9 Å². The van der Waals surface area contributed by atoms with Crippen molar-refractivity contribution in [1.29, 1.82) is 0 Å². The van der Waals surface area contributed by atoms with E-state index in [1.165, 1.54) is 17.0 Å². The number of rotatable bonds is 8.